The fraction of sp³-hybridized carbons (Fsp3) is 0.875. The van der Waals surface area contributed by atoms with Gasteiger partial charge in [0, 0.05) is 12.5 Å². The number of carbonyl (C=O) groups is 2. The molecule has 2 saturated carbocycles. The third-order valence-electron chi connectivity index (χ3n) is 5.66. The monoisotopic (exact) mass is 296 g/mol. The van der Waals surface area contributed by atoms with Crippen molar-refractivity contribution in [3.8, 4) is 0 Å². The van der Waals surface area contributed by atoms with Gasteiger partial charge < -0.3 is 16.2 Å². The molecule has 0 spiro atoms. The first kappa shape index (κ1) is 16.3. The van der Waals surface area contributed by atoms with Crippen LogP contribution in [0, 0.1) is 10.8 Å². The molecule has 4 N–H and O–H groups in total. The second-order valence-electron chi connectivity index (χ2n) is 7.18. The van der Waals surface area contributed by atoms with E-state index in [1.165, 1.54) is 6.42 Å². The lowest BCUT2D eigenvalue weighted by atomic mass is 9.71. The molecule has 120 valence electrons. The van der Waals surface area contributed by atoms with Crippen molar-refractivity contribution in [3.05, 3.63) is 0 Å². The summed E-state index contributed by atoms with van der Waals surface area (Å²) in [5.74, 6) is -0.835. The van der Waals surface area contributed by atoms with Crippen molar-refractivity contribution in [1.29, 1.82) is 0 Å². The fourth-order valence-corrected chi connectivity index (χ4v) is 3.99. The van der Waals surface area contributed by atoms with Gasteiger partial charge in [-0.3, -0.25) is 9.59 Å². The third-order valence-corrected chi connectivity index (χ3v) is 5.66. The number of aliphatic carboxylic acids is 1. The first-order valence-corrected chi connectivity index (χ1v) is 8.15. The number of carbonyl (C=O) groups excluding carboxylic acids is 1. The Bertz CT molecular complexity index is 404. The van der Waals surface area contributed by atoms with Crippen LogP contribution in [0.1, 0.15) is 64.7 Å². The van der Waals surface area contributed by atoms with Crippen LogP contribution in [0.25, 0.3) is 0 Å². The molecule has 0 aliphatic heterocycles. The lowest BCUT2D eigenvalue weighted by Gasteiger charge is -2.36. The van der Waals surface area contributed by atoms with Crippen molar-refractivity contribution < 1.29 is 14.7 Å². The van der Waals surface area contributed by atoms with Crippen LogP contribution in [0.4, 0.5) is 0 Å². The van der Waals surface area contributed by atoms with Gasteiger partial charge >= 0.3 is 5.97 Å². The van der Waals surface area contributed by atoms with Crippen LogP contribution in [0.3, 0.4) is 0 Å². The molecule has 0 bridgehead atoms. The molecule has 0 aromatic heterocycles. The van der Waals surface area contributed by atoms with Crippen LogP contribution in [-0.2, 0) is 9.59 Å². The molecule has 21 heavy (non-hydrogen) atoms. The Morgan fingerprint density at radius 3 is 2.43 bits per heavy atom. The molecule has 2 aliphatic carbocycles. The standard InChI is InChI=1S/C16H28N2O3/c1-15(14(20)21)7-5-6-12(15)18-13(19)10-16(11-17)8-3-2-4-9-16/h12H,2-11,17H2,1H3,(H,18,19)(H,20,21). The molecule has 5 heteroatoms. The zero-order valence-corrected chi connectivity index (χ0v) is 13.0. The van der Waals surface area contributed by atoms with Crippen LogP contribution in [0.5, 0.6) is 0 Å². The Morgan fingerprint density at radius 1 is 1.19 bits per heavy atom. The Morgan fingerprint density at radius 2 is 1.86 bits per heavy atom. The highest BCUT2D eigenvalue weighted by Gasteiger charge is 2.46. The second-order valence-corrected chi connectivity index (χ2v) is 7.18. The molecule has 2 atom stereocenters. The molecular weight excluding hydrogens is 268 g/mol. The number of nitrogens with one attached hydrogen (secondary N) is 1. The topological polar surface area (TPSA) is 92.4 Å². The highest BCUT2D eigenvalue weighted by atomic mass is 16.4. The molecule has 2 rings (SSSR count). The molecule has 2 unspecified atom stereocenters. The summed E-state index contributed by atoms with van der Waals surface area (Å²) in [4.78, 5) is 23.8. The lowest BCUT2D eigenvalue weighted by molar-refractivity contribution is -0.149. The van der Waals surface area contributed by atoms with Crippen LogP contribution in [-0.4, -0.2) is 29.6 Å². The average Bonchev–Trinajstić information content (AvgIpc) is 2.82. The first-order chi connectivity index (χ1) is 9.92. The number of hydrogen-bond donors (Lipinski definition) is 3. The van der Waals surface area contributed by atoms with E-state index in [1.807, 2.05) is 0 Å². The quantitative estimate of drug-likeness (QED) is 0.724. The normalized spacial score (nSPS) is 31.8. The predicted molar refractivity (Wildman–Crippen MR) is 80.7 cm³/mol. The molecule has 0 radical (unpaired) electrons. The number of nitrogens with two attached hydrogens (primary N) is 1. The van der Waals surface area contributed by atoms with Gasteiger partial charge in [-0.25, -0.2) is 0 Å². The van der Waals surface area contributed by atoms with Gasteiger partial charge in [0.1, 0.15) is 0 Å². The summed E-state index contributed by atoms with van der Waals surface area (Å²) in [6.07, 6.45) is 8.21. The molecule has 2 fully saturated rings. The molecule has 2 aliphatic rings. The van der Waals surface area contributed by atoms with Crippen molar-refractivity contribution >= 4 is 11.9 Å². The summed E-state index contributed by atoms with van der Waals surface area (Å²) < 4.78 is 0. The van der Waals surface area contributed by atoms with E-state index in [0.29, 0.717) is 19.4 Å². The van der Waals surface area contributed by atoms with E-state index in [2.05, 4.69) is 5.32 Å². The number of hydrogen-bond acceptors (Lipinski definition) is 3. The zero-order valence-electron chi connectivity index (χ0n) is 13.0. The van der Waals surface area contributed by atoms with E-state index in [-0.39, 0.29) is 17.4 Å². The summed E-state index contributed by atoms with van der Waals surface area (Å²) in [6, 6.07) is -0.249. The first-order valence-electron chi connectivity index (χ1n) is 8.15. The van der Waals surface area contributed by atoms with Gasteiger partial charge in [-0.2, -0.15) is 0 Å². The molecule has 0 saturated heterocycles. The largest absolute Gasteiger partial charge is 0.481 e. The average molecular weight is 296 g/mol. The second kappa shape index (κ2) is 6.34. The number of amides is 1. The minimum atomic E-state index is -0.821. The van der Waals surface area contributed by atoms with Crippen LogP contribution < -0.4 is 11.1 Å². The van der Waals surface area contributed by atoms with E-state index in [1.54, 1.807) is 6.92 Å². The van der Waals surface area contributed by atoms with E-state index in [4.69, 9.17) is 5.73 Å². The van der Waals surface area contributed by atoms with Gasteiger partial charge in [-0.15, -0.1) is 0 Å². The van der Waals surface area contributed by atoms with Crippen LogP contribution >= 0.6 is 0 Å². The number of rotatable bonds is 5. The minimum Gasteiger partial charge on any atom is -0.481 e. The van der Waals surface area contributed by atoms with Gasteiger partial charge in [0.05, 0.1) is 5.41 Å². The number of carboxylic acids is 1. The summed E-state index contributed by atoms with van der Waals surface area (Å²) in [5.41, 5.74) is 5.03. The maximum atomic E-state index is 12.4. The van der Waals surface area contributed by atoms with Crippen molar-refractivity contribution in [2.24, 2.45) is 16.6 Å². The lowest BCUT2D eigenvalue weighted by Crippen LogP contribution is -2.48. The SMILES string of the molecule is CC1(C(=O)O)CCCC1NC(=O)CC1(CN)CCCCC1. The molecular formula is C16H28N2O3. The summed E-state index contributed by atoms with van der Waals surface area (Å²) in [6.45, 7) is 2.29. The minimum absolute atomic E-state index is 0.0262. The zero-order chi connectivity index (χ0) is 15.5. The highest BCUT2D eigenvalue weighted by molar-refractivity contribution is 5.80. The van der Waals surface area contributed by atoms with Gasteiger partial charge in [0.25, 0.3) is 0 Å². The third kappa shape index (κ3) is 3.39. The van der Waals surface area contributed by atoms with E-state index < -0.39 is 11.4 Å². The molecule has 1 amide bonds. The Labute approximate surface area is 126 Å². The molecule has 0 aromatic carbocycles. The van der Waals surface area contributed by atoms with Crippen molar-refractivity contribution in [1.82, 2.24) is 5.32 Å². The Kier molecular flexibility index (Phi) is 4.91. The summed E-state index contributed by atoms with van der Waals surface area (Å²) in [5, 5.41) is 12.4. The molecule has 5 nitrogen and oxygen atoms in total. The maximum absolute atomic E-state index is 12.4. The smallest absolute Gasteiger partial charge is 0.311 e. The number of carboxylic acid groups (broad SMARTS) is 1. The van der Waals surface area contributed by atoms with Gasteiger partial charge in [0.15, 0.2) is 0 Å². The van der Waals surface area contributed by atoms with Crippen LogP contribution in [0.2, 0.25) is 0 Å². The van der Waals surface area contributed by atoms with E-state index >= 15 is 0 Å². The van der Waals surface area contributed by atoms with Crippen molar-refractivity contribution in [2.75, 3.05) is 6.54 Å². The van der Waals surface area contributed by atoms with Crippen molar-refractivity contribution in [3.63, 3.8) is 0 Å². The van der Waals surface area contributed by atoms with Crippen LogP contribution in [0.15, 0.2) is 0 Å². The summed E-state index contributed by atoms with van der Waals surface area (Å²) in [7, 11) is 0. The summed E-state index contributed by atoms with van der Waals surface area (Å²) >= 11 is 0. The van der Waals surface area contributed by atoms with Gasteiger partial charge in [0.2, 0.25) is 5.91 Å². The Balaban J connectivity index is 1.96. The van der Waals surface area contributed by atoms with E-state index in [0.717, 1.165) is 38.5 Å². The Hall–Kier alpha value is -1.10. The van der Waals surface area contributed by atoms with E-state index in [9.17, 15) is 14.7 Å². The van der Waals surface area contributed by atoms with Gasteiger partial charge in [-0.1, -0.05) is 25.7 Å². The van der Waals surface area contributed by atoms with Gasteiger partial charge in [-0.05, 0) is 44.6 Å². The molecule has 0 aromatic rings. The van der Waals surface area contributed by atoms with Crippen molar-refractivity contribution in [2.45, 2.75) is 70.8 Å². The highest BCUT2D eigenvalue weighted by Crippen LogP contribution is 2.40. The molecule has 0 heterocycles. The predicted octanol–water partition coefficient (Wildman–Crippen LogP) is 2.05. The maximum Gasteiger partial charge on any atom is 0.311 e. The fourth-order valence-electron chi connectivity index (χ4n) is 3.99.